The predicted octanol–water partition coefficient (Wildman–Crippen LogP) is 7.09. The number of nitrogens with one attached hydrogen (secondary N) is 1. The van der Waals surface area contributed by atoms with Crippen LogP contribution in [0.25, 0.3) is 0 Å². The SMILES string of the molecule is C=C(C)C(=O)NC(CCCCCCCC)CCC(=O)OC[n+]1ccccc1CCCCCCCCCCCCCCCC.[Cl-]. The summed E-state index contributed by atoms with van der Waals surface area (Å²) in [4.78, 5) is 24.9. The molecule has 44 heavy (non-hydrogen) atoms. The maximum atomic E-state index is 12.6. The van der Waals surface area contributed by atoms with Crippen LogP contribution in [0.15, 0.2) is 36.5 Å². The quantitative estimate of drug-likeness (QED) is 0.0443. The molecule has 0 aliphatic carbocycles. The van der Waals surface area contributed by atoms with Gasteiger partial charge in [-0.25, -0.2) is 0 Å². The van der Waals surface area contributed by atoms with E-state index in [2.05, 4.69) is 42.4 Å². The molecule has 0 saturated carbocycles. The number of esters is 1. The molecule has 1 aromatic rings. The van der Waals surface area contributed by atoms with Crippen molar-refractivity contribution < 1.29 is 31.3 Å². The standard InChI is InChI=1S/C38H66N2O3.ClH/c1-5-7-9-11-13-14-15-16-17-18-19-20-22-24-28-36-29-25-26-32-40(36)33-43-37(41)31-30-35(39-38(42)34(3)4)27-23-21-12-10-8-6-2;/h25-26,29,32,35H,3,5-24,27-28,30-31,33H2,1-2,4H3;1H. The summed E-state index contributed by atoms with van der Waals surface area (Å²) in [5.74, 6) is -0.339. The highest BCUT2D eigenvalue weighted by Gasteiger charge is 2.17. The Kier molecular flexibility index (Phi) is 28.5. The second kappa shape index (κ2) is 29.8. The van der Waals surface area contributed by atoms with Crippen molar-refractivity contribution >= 4 is 11.9 Å². The van der Waals surface area contributed by atoms with Crippen LogP contribution in [0.4, 0.5) is 0 Å². The number of halogens is 1. The van der Waals surface area contributed by atoms with Crippen molar-refractivity contribution in [3.63, 3.8) is 0 Å². The van der Waals surface area contributed by atoms with Gasteiger partial charge in [0.1, 0.15) is 0 Å². The van der Waals surface area contributed by atoms with Crippen molar-refractivity contribution in [2.45, 2.75) is 188 Å². The first-order valence-electron chi connectivity index (χ1n) is 18.1. The lowest BCUT2D eigenvalue weighted by molar-refractivity contribution is -0.734. The zero-order valence-corrected chi connectivity index (χ0v) is 29.6. The van der Waals surface area contributed by atoms with Gasteiger partial charge >= 0.3 is 5.97 Å². The number of rotatable bonds is 29. The van der Waals surface area contributed by atoms with E-state index in [0.717, 1.165) is 32.1 Å². The molecule has 0 radical (unpaired) electrons. The van der Waals surface area contributed by atoms with Crippen molar-refractivity contribution in [1.82, 2.24) is 5.32 Å². The van der Waals surface area contributed by atoms with Crippen molar-refractivity contribution in [2.75, 3.05) is 0 Å². The molecule has 5 nitrogen and oxygen atoms in total. The normalized spacial score (nSPS) is 11.5. The molecule has 0 aromatic carbocycles. The van der Waals surface area contributed by atoms with E-state index in [9.17, 15) is 9.59 Å². The Balaban J connectivity index is 0.0000185. The van der Waals surface area contributed by atoms with Gasteiger partial charge in [-0.05, 0) is 26.2 Å². The molecule has 0 aliphatic rings. The molecule has 0 bridgehead atoms. The van der Waals surface area contributed by atoms with E-state index in [1.807, 2.05) is 12.3 Å². The molecule has 0 saturated heterocycles. The van der Waals surface area contributed by atoms with Gasteiger partial charge in [0, 0.05) is 36.6 Å². The summed E-state index contributed by atoms with van der Waals surface area (Å²) in [6.07, 6.45) is 31.1. The highest BCUT2D eigenvalue weighted by atomic mass is 35.5. The maximum Gasteiger partial charge on any atom is 0.310 e. The molecule has 1 amide bonds. The molecule has 6 heteroatoms. The van der Waals surface area contributed by atoms with Crippen LogP contribution in [-0.4, -0.2) is 17.9 Å². The largest absolute Gasteiger partial charge is 1.00 e. The second-order valence-corrected chi connectivity index (χ2v) is 12.7. The molecule has 1 aromatic heterocycles. The van der Waals surface area contributed by atoms with Gasteiger partial charge in [0.2, 0.25) is 5.91 Å². The van der Waals surface area contributed by atoms with Crippen molar-refractivity contribution in [1.29, 1.82) is 0 Å². The number of ether oxygens (including phenoxy) is 1. The fraction of sp³-hybridized carbons (Fsp3) is 0.763. The molecule has 0 fully saturated rings. The van der Waals surface area contributed by atoms with Gasteiger partial charge in [-0.15, -0.1) is 0 Å². The van der Waals surface area contributed by atoms with E-state index in [0.29, 0.717) is 18.4 Å². The molecular formula is C38H67ClN2O3. The van der Waals surface area contributed by atoms with E-state index < -0.39 is 0 Å². The Morgan fingerprint density at radius 1 is 0.750 bits per heavy atom. The number of nitrogens with zero attached hydrogens (tertiary/aromatic N) is 1. The van der Waals surface area contributed by atoms with Crippen molar-refractivity contribution in [3.8, 4) is 0 Å². The fourth-order valence-corrected chi connectivity index (χ4v) is 5.64. The predicted molar refractivity (Wildman–Crippen MR) is 181 cm³/mol. The summed E-state index contributed by atoms with van der Waals surface area (Å²) >= 11 is 0. The minimum atomic E-state index is -0.212. The lowest BCUT2D eigenvalue weighted by Crippen LogP contribution is -3.00. The second-order valence-electron chi connectivity index (χ2n) is 12.7. The first-order valence-corrected chi connectivity index (χ1v) is 18.1. The van der Waals surface area contributed by atoms with Gasteiger partial charge in [-0.2, -0.15) is 4.57 Å². The molecular weight excluding hydrogens is 568 g/mol. The summed E-state index contributed by atoms with van der Waals surface area (Å²) < 4.78 is 7.71. The summed E-state index contributed by atoms with van der Waals surface area (Å²) in [5, 5.41) is 3.07. The van der Waals surface area contributed by atoms with Crippen LogP contribution in [-0.2, 0) is 27.5 Å². The van der Waals surface area contributed by atoms with Gasteiger partial charge in [0.05, 0.1) is 0 Å². The number of aryl methyl sites for hydroxylation is 1. The van der Waals surface area contributed by atoms with Crippen molar-refractivity contribution in [2.24, 2.45) is 0 Å². The van der Waals surface area contributed by atoms with Crippen LogP contribution < -0.4 is 22.3 Å². The summed E-state index contributed by atoms with van der Waals surface area (Å²) in [7, 11) is 0. The number of amides is 1. The molecule has 1 unspecified atom stereocenters. The smallest absolute Gasteiger partial charge is 0.310 e. The zero-order chi connectivity index (χ0) is 31.4. The van der Waals surface area contributed by atoms with Crippen LogP contribution in [0.3, 0.4) is 0 Å². The molecule has 1 heterocycles. The highest BCUT2D eigenvalue weighted by Crippen LogP contribution is 2.15. The van der Waals surface area contributed by atoms with Crippen LogP contribution in [0.2, 0.25) is 0 Å². The number of hydrogen-bond donors (Lipinski definition) is 1. The van der Waals surface area contributed by atoms with Crippen molar-refractivity contribution in [3.05, 3.63) is 42.2 Å². The number of unbranched alkanes of at least 4 members (excludes halogenated alkanes) is 18. The minimum absolute atomic E-state index is 0. The van der Waals surface area contributed by atoms with Gasteiger partial charge < -0.3 is 22.5 Å². The van der Waals surface area contributed by atoms with Gasteiger partial charge in [-0.3, -0.25) is 9.59 Å². The first-order chi connectivity index (χ1) is 21.0. The molecule has 1 N–H and O–H groups in total. The fourth-order valence-electron chi connectivity index (χ4n) is 5.64. The van der Waals surface area contributed by atoms with E-state index in [-0.39, 0.29) is 37.1 Å². The molecule has 254 valence electrons. The molecule has 1 atom stereocenters. The Labute approximate surface area is 277 Å². The maximum absolute atomic E-state index is 12.6. The highest BCUT2D eigenvalue weighted by molar-refractivity contribution is 5.92. The van der Waals surface area contributed by atoms with Gasteiger partial charge in [0.15, 0.2) is 11.9 Å². The van der Waals surface area contributed by atoms with E-state index in [4.69, 9.17) is 4.74 Å². The third-order valence-electron chi connectivity index (χ3n) is 8.51. The molecule has 0 aliphatic heterocycles. The van der Waals surface area contributed by atoms with E-state index in [1.165, 1.54) is 115 Å². The molecule has 0 spiro atoms. The number of pyridine rings is 1. The van der Waals surface area contributed by atoms with Crippen LogP contribution in [0.5, 0.6) is 0 Å². The van der Waals surface area contributed by atoms with Gasteiger partial charge in [-0.1, -0.05) is 148 Å². The average Bonchev–Trinajstić information content (AvgIpc) is 3.00. The minimum Gasteiger partial charge on any atom is -1.00 e. The zero-order valence-electron chi connectivity index (χ0n) is 28.8. The Morgan fingerprint density at radius 3 is 1.77 bits per heavy atom. The van der Waals surface area contributed by atoms with Crippen LogP contribution >= 0.6 is 0 Å². The number of carbonyl (C=O) groups is 2. The topological polar surface area (TPSA) is 59.3 Å². The number of hydrogen-bond acceptors (Lipinski definition) is 3. The third kappa shape index (κ3) is 23.5. The monoisotopic (exact) mass is 634 g/mol. The van der Waals surface area contributed by atoms with Crippen LogP contribution in [0.1, 0.15) is 174 Å². The average molecular weight is 635 g/mol. The van der Waals surface area contributed by atoms with E-state index in [1.54, 1.807) is 6.92 Å². The summed E-state index contributed by atoms with van der Waals surface area (Å²) in [5.41, 5.74) is 1.71. The number of aromatic nitrogens is 1. The lowest BCUT2D eigenvalue weighted by atomic mass is 10.0. The van der Waals surface area contributed by atoms with Gasteiger partial charge in [0.25, 0.3) is 6.73 Å². The third-order valence-corrected chi connectivity index (χ3v) is 8.51. The Morgan fingerprint density at radius 2 is 1.25 bits per heavy atom. The van der Waals surface area contributed by atoms with E-state index >= 15 is 0 Å². The Hall–Kier alpha value is -1.88. The Bertz CT molecular complexity index is 860. The van der Waals surface area contributed by atoms with Crippen LogP contribution in [0, 0.1) is 0 Å². The first kappa shape index (κ1) is 42.1. The lowest BCUT2D eigenvalue weighted by Gasteiger charge is -2.18. The number of carbonyl (C=O) groups excluding carboxylic acids is 2. The summed E-state index contributed by atoms with van der Waals surface area (Å²) in [6, 6.07) is 6.17. The summed E-state index contributed by atoms with van der Waals surface area (Å²) in [6.45, 7) is 10.2. The molecule has 1 rings (SSSR count).